The van der Waals surface area contributed by atoms with E-state index in [1.165, 1.54) is 0 Å². The van der Waals surface area contributed by atoms with Crippen LogP contribution in [0.4, 0.5) is 0 Å². The lowest BCUT2D eigenvalue weighted by atomic mass is 10.1. The van der Waals surface area contributed by atoms with Gasteiger partial charge in [-0.25, -0.2) is 0 Å². The van der Waals surface area contributed by atoms with Crippen LogP contribution in [0, 0.1) is 0 Å². The molecule has 0 fully saturated rings. The van der Waals surface area contributed by atoms with Gasteiger partial charge in [0.1, 0.15) is 17.2 Å². The van der Waals surface area contributed by atoms with Crippen LogP contribution in [0.1, 0.15) is 31.4 Å². The predicted octanol–water partition coefficient (Wildman–Crippen LogP) is 4.39. The minimum atomic E-state index is -0.190. The number of carbonyl (C=O) groups is 1. The second-order valence-electron chi connectivity index (χ2n) is 5.80. The number of rotatable bonds is 9. The molecule has 0 heterocycles. The van der Waals surface area contributed by atoms with Crippen molar-refractivity contribution in [1.29, 1.82) is 0 Å². The molecule has 0 spiro atoms. The van der Waals surface area contributed by atoms with Gasteiger partial charge < -0.3 is 19.5 Å². The Bertz CT molecular complexity index is 718. The monoisotopic (exact) mass is 377 g/mol. The molecule has 5 nitrogen and oxygen atoms in total. The van der Waals surface area contributed by atoms with Gasteiger partial charge in [0.25, 0.3) is 0 Å². The van der Waals surface area contributed by atoms with Gasteiger partial charge in [-0.05, 0) is 55.8 Å². The largest absolute Gasteiger partial charge is 0.497 e. The maximum absolute atomic E-state index is 12.2. The second-order valence-corrected chi connectivity index (χ2v) is 6.24. The van der Waals surface area contributed by atoms with E-state index in [9.17, 15) is 4.79 Å². The zero-order valence-electron chi connectivity index (χ0n) is 15.3. The lowest BCUT2D eigenvalue weighted by molar-refractivity contribution is -0.121. The summed E-state index contributed by atoms with van der Waals surface area (Å²) in [7, 11) is 3.21. The third kappa shape index (κ3) is 5.85. The minimum absolute atomic E-state index is 0.0397. The highest BCUT2D eigenvalue weighted by molar-refractivity contribution is 6.30. The minimum Gasteiger partial charge on any atom is -0.497 e. The van der Waals surface area contributed by atoms with Crippen molar-refractivity contribution in [3.05, 3.63) is 53.1 Å². The van der Waals surface area contributed by atoms with Gasteiger partial charge >= 0.3 is 0 Å². The van der Waals surface area contributed by atoms with E-state index in [1.54, 1.807) is 38.5 Å². The standard InChI is InChI=1S/C20H24ClNO4/c1-14(18-13-17(24-2)10-11-19(18)25-3)22-20(23)5-4-12-26-16-8-6-15(21)7-9-16/h6-11,13-14H,4-5,12H2,1-3H3,(H,22,23)/t14-/m0/s1. The summed E-state index contributed by atoms with van der Waals surface area (Å²) in [5.74, 6) is 2.13. The molecular formula is C20H24ClNO4. The molecule has 2 aromatic carbocycles. The molecule has 1 N–H and O–H groups in total. The number of halogens is 1. The maximum atomic E-state index is 12.2. The van der Waals surface area contributed by atoms with Gasteiger partial charge in [0, 0.05) is 17.0 Å². The molecule has 0 aliphatic heterocycles. The van der Waals surface area contributed by atoms with E-state index in [-0.39, 0.29) is 11.9 Å². The summed E-state index contributed by atoms with van der Waals surface area (Å²) in [4.78, 5) is 12.2. The molecule has 2 rings (SSSR count). The fourth-order valence-electron chi connectivity index (χ4n) is 2.52. The van der Waals surface area contributed by atoms with Crippen LogP contribution in [0.15, 0.2) is 42.5 Å². The van der Waals surface area contributed by atoms with E-state index >= 15 is 0 Å². The summed E-state index contributed by atoms with van der Waals surface area (Å²) in [6.45, 7) is 2.38. The highest BCUT2D eigenvalue weighted by Gasteiger charge is 2.15. The van der Waals surface area contributed by atoms with Crippen LogP contribution in [0.25, 0.3) is 0 Å². The average Bonchev–Trinajstić information content (AvgIpc) is 2.66. The molecule has 0 radical (unpaired) electrons. The van der Waals surface area contributed by atoms with E-state index in [4.69, 9.17) is 25.8 Å². The number of amides is 1. The fourth-order valence-corrected chi connectivity index (χ4v) is 2.65. The number of ether oxygens (including phenoxy) is 3. The third-order valence-electron chi connectivity index (χ3n) is 3.91. The molecule has 6 heteroatoms. The second kappa shape index (κ2) is 9.92. The molecule has 26 heavy (non-hydrogen) atoms. The number of carbonyl (C=O) groups excluding carboxylic acids is 1. The highest BCUT2D eigenvalue weighted by atomic mass is 35.5. The summed E-state index contributed by atoms with van der Waals surface area (Å²) < 4.78 is 16.2. The van der Waals surface area contributed by atoms with Crippen LogP contribution >= 0.6 is 11.6 Å². The summed E-state index contributed by atoms with van der Waals surface area (Å²) in [6, 6.07) is 12.5. The smallest absolute Gasteiger partial charge is 0.220 e. The van der Waals surface area contributed by atoms with Crippen LogP contribution in [0.3, 0.4) is 0 Å². The van der Waals surface area contributed by atoms with Crippen LogP contribution < -0.4 is 19.5 Å². The van der Waals surface area contributed by atoms with Crippen molar-refractivity contribution in [3.8, 4) is 17.2 Å². The Labute approximate surface area is 159 Å². The fraction of sp³-hybridized carbons (Fsp3) is 0.350. The Kier molecular flexibility index (Phi) is 7.60. The number of benzene rings is 2. The van der Waals surface area contributed by atoms with E-state index in [0.717, 1.165) is 17.1 Å². The van der Waals surface area contributed by atoms with Crippen molar-refractivity contribution in [2.24, 2.45) is 0 Å². The lowest BCUT2D eigenvalue weighted by Gasteiger charge is -2.18. The Morgan fingerprint density at radius 1 is 1.08 bits per heavy atom. The maximum Gasteiger partial charge on any atom is 0.220 e. The van der Waals surface area contributed by atoms with Crippen molar-refractivity contribution < 1.29 is 19.0 Å². The molecule has 140 valence electrons. The van der Waals surface area contributed by atoms with Gasteiger partial charge in [0.2, 0.25) is 5.91 Å². The zero-order valence-corrected chi connectivity index (χ0v) is 16.0. The van der Waals surface area contributed by atoms with Crippen LogP contribution in [-0.2, 0) is 4.79 Å². The molecule has 0 aliphatic rings. The molecule has 0 unspecified atom stereocenters. The number of hydrogen-bond acceptors (Lipinski definition) is 4. The Morgan fingerprint density at radius 3 is 2.42 bits per heavy atom. The van der Waals surface area contributed by atoms with Gasteiger partial charge in [-0.3, -0.25) is 4.79 Å². The van der Waals surface area contributed by atoms with Crippen molar-refractivity contribution in [1.82, 2.24) is 5.32 Å². The normalized spacial score (nSPS) is 11.5. The van der Waals surface area contributed by atoms with E-state index in [0.29, 0.717) is 30.2 Å². The van der Waals surface area contributed by atoms with Crippen LogP contribution in [0.2, 0.25) is 5.02 Å². The van der Waals surface area contributed by atoms with Gasteiger partial charge in [-0.1, -0.05) is 11.6 Å². The van der Waals surface area contributed by atoms with Crippen LogP contribution in [0.5, 0.6) is 17.2 Å². The molecule has 0 aromatic heterocycles. The first kappa shape index (κ1) is 19.9. The first-order valence-electron chi connectivity index (χ1n) is 8.43. The molecule has 1 atom stereocenters. The highest BCUT2D eigenvalue weighted by Crippen LogP contribution is 2.29. The van der Waals surface area contributed by atoms with Gasteiger partial charge in [-0.2, -0.15) is 0 Å². The molecule has 0 saturated heterocycles. The molecule has 0 aliphatic carbocycles. The number of nitrogens with one attached hydrogen (secondary N) is 1. The summed E-state index contributed by atoms with van der Waals surface area (Å²) in [6.07, 6.45) is 1.00. The van der Waals surface area contributed by atoms with Gasteiger partial charge in [-0.15, -0.1) is 0 Å². The first-order valence-corrected chi connectivity index (χ1v) is 8.81. The molecule has 2 aromatic rings. The number of methoxy groups -OCH3 is 2. The topological polar surface area (TPSA) is 56.8 Å². The number of hydrogen-bond donors (Lipinski definition) is 1. The average molecular weight is 378 g/mol. The molecule has 1 amide bonds. The Morgan fingerprint density at radius 2 is 1.77 bits per heavy atom. The predicted molar refractivity (Wildman–Crippen MR) is 102 cm³/mol. The van der Waals surface area contributed by atoms with Crippen molar-refractivity contribution >= 4 is 17.5 Å². The SMILES string of the molecule is COc1ccc(OC)c([C@H](C)NC(=O)CCCOc2ccc(Cl)cc2)c1. The summed E-state index contributed by atoms with van der Waals surface area (Å²) >= 11 is 5.83. The molecule has 0 saturated carbocycles. The Balaban J connectivity index is 1.80. The molecular weight excluding hydrogens is 354 g/mol. The molecule has 0 bridgehead atoms. The summed E-state index contributed by atoms with van der Waals surface area (Å²) in [5, 5.41) is 3.65. The van der Waals surface area contributed by atoms with Gasteiger partial charge in [0.15, 0.2) is 0 Å². The zero-order chi connectivity index (χ0) is 18.9. The van der Waals surface area contributed by atoms with Crippen molar-refractivity contribution in [2.45, 2.75) is 25.8 Å². The van der Waals surface area contributed by atoms with Crippen molar-refractivity contribution in [2.75, 3.05) is 20.8 Å². The first-order chi connectivity index (χ1) is 12.5. The summed E-state index contributed by atoms with van der Waals surface area (Å²) in [5.41, 5.74) is 0.873. The Hall–Kier alpha value is -2.40. The quantitative estimate of drug-likeness (QED) is 0.658. The van der Waals surface area contributed by atoms with Crippen molar-refractivity contribution in [3.63, 3.8) is 0 Å². The van der Waals surface area contributed by atoms with Crippen LogP contribution in [-0.4, -0.2) is 26.7 Å². The van der Waals surface area contributed by atoms with E-state index in [1.807, 2.05) is 25.1 Å². The lowest BCUT2D eigenvalue weighted by Crippen LogP contribution is -2.27. The van der Waals surface area contributed by atoms with E-state index < -0.39 is 0 Å². The van der Waals surface area contributed by atoms with E-state index in [2.05, 4.69) is 5.32 Å². The third-order valence-corrected chi connectivity index (χ3v) is 4.16. The van der Waals surface area contributed by atoms with Gasteiger partial charge in [0.05, 0.1) is 26.9 Å².